The van der Waals surface area contributed by atoms with Crippen molar-refractivity contribution in [1.29, 1.82) is 0 Å². The van der Waals surface area contributed by atoms with Gasteiger partial charge in [0.1, 0.15) is 0 Å². The summed E-state index contributed by atoms with van der Waals surface area (Å²) in [5.41, 5.74) is 19.8. The van der Waals surface area contributed by atoms with Gasteiger partial charge in [-0.25, -0.2) is 0 Å². The van der Waals surface area contributed by atoms with Gasteiger partial charge in [0, 0.05) is 5.41 Å². The number of rotatable bonds is 4. The highest BCUT2D eigenvalue weighted by Crippen LogP contribution is 2.52. The van der Waals surface area contributed by atoms with Gasteiger partial charge in [0.25, 0.3) is 0 Å². The van der Waals surface area contributed by atoms with Crippen molar-refractivity contribution >= 4 is 55.4 Å². The highest BCUT2D eigenvalue weighted by molar-refractivity contribution is 6.99. The van der Waals surface area contributed by atoms with E-state index in [4.69, 9.17) is 0 Å². The molecule has 10 aromatic carbocycles. The lowest BCUT2D eigenvalue weighted by Crippen LogP contribution is -2.48. The molecule has 0 atom stereocenters. The SMILES string of the molecule is CC1(C)c2ccc(-c3c4ccccc4c(-c4ccc(-c5ccc6c(c5)-c5ccccc5B6c5ccccc5)cc4)c4ccccc34)cc2-c2cc3ccccc3cc21. The third-order valence-electron chi connectivity index (χ3n) is 13.3. The zero-order chi connectivity index (χ0) is 38.5. The Morgan fingerprint density at radius 2 is 0.828 bits per heavy atom. The van der Waals surface area contributed by atoms with Gasteiger partial charge in [-0.05, 0) is 123 Å². The molecule has 0 unspecified atom stereocenters. The molecule has 1 heterocycles. The topological polar surface area (TPSA) is 0 Å². The minimum Gasteiger partial charge on any atom is -0.0686 e. The van der Waals surface area contributed by atoms with Crippen molar-refractivity contribution in [3.05, 3.63) is 211 Å². The van der Waals surface area contributed by atoms with Crippen LogP contribution in [-0.4, -0.2) is 6.71 Å². The molecule has 12 rings (SSSR count). The van der Waals surface area contributed by atoms with Crippen LogP contribution in [0, 0.1) is 0 Å². The van der Waals surface area contributed by atoms with E-state index < -0.39 is 0 Å². The molecule has 0 nitrogen and oxygen atoms in total. The van der Waals surface area contributed by atoms with E-state index in [1.54, 1.807) is 0 Å². The van der Waals surface area contributed by atoms with E-state index >= 15 is 0 Å². The molecule has 10 aromatic rings. The van der Waals surface area contributed by atoms with Crippen molar-refractivity contribution in [3.8, 4) is 55.6 Å². The molecular formula is C57H39B. The average Bonchev–Trinajstić information content (AvgIpc) is 3.72. The predicted molar refractivity (Wildman–Crippen MR) is 249 cm³/mol. The Bertz CT molecular complexity index is 3240. The standard InChI is InChI=1S/C57H39B/c1-57(2)51-30-28-41(34-48(51)49-32-38-14-6-7-15-39(38)35-52(49)57)56-46-21-10-8-19-44(46)55(45-20-9-11-22-47(45)56)37-26-24-36(25-27-37)40-29-31-54-50(33-40)43-18-12-13-23-53(43)58(54)42-16-4-3-5-17-42/h3-35H,1-2H3. The Balaban J connectivity index is 0.980. The maximum atomic E-state index is 2.47. The van der Waals surface area contributed by atoms with Crippen molar-refractivity contribution < 1.29 is 0 Å². The van der Waals surface area contributed by atoms with Crippen molar-refractivity contribution in [1.82, 2.24) is 0 Å². The van der Waals surface area contributed by atoms with Crippen molar-refractivity contribution in [3.63, 3.8) is 0 Å². The highest BCUT2D eigenvalue weighted by atomic mass is 14.4. The summed E-state index contributed by atoms with van der Waals surface area (Å²) in [6, 6.07) is 75.1. The minimum absolute atomic E-state index is 0.0672. The lowest BCUT2D eigenvalue weighted by atomic mass is 9.39. The fraction of sp³-hybridized carbons (Fsp3) is 0.0526. The third kappa shape index (κ3) is 4.83. The molecule has 1 heteroatoms. The quantitative estimate of drug-likeness (QED) is 0.125. The second kappa shape index (κ2) is 12.5. The number of fused-ring (bicyclic) bond motifs is 9. The van der Waals surface area contributed by atoms with Gasteiger partial charge in [-0.15, -0.1) is 0 Å². The van der Waals surface area contributed by atoms with Crippen LogP contribution in [-0.2, 0) is 5.41 Å². The lowest BCUT2D eigenvalue weighted by molar-refractivity contribution is 0.661. The Morgan fingerprint density at radius 3 is 1.53 bits per heavy atom. The van der Waals surface area contributed by atoms with Crippen LogP contribution in [0.15, 0.2) is 200 Å². The van der Waals surface area contributed by atoms with Crippen LogP contribution in [0.4, 0.5) is 0 Å². The van der Waals surface area contributed by atoms with Crippen LogP contribution < -0.4 is 16.4 Å². The molecule has 0 bridgehead atoms. The van der Waals surface area contributed by atoms with Gasteiger partial charge < -0.3 is 0 Å². The molecule has 0 saturated carbocycles. The molecule has 2 aliphatic rings. The normalized spacial score (nSPS) is 13.4. The fourth-order valence-corrected chi connectivity index (χ4v) is 10.6. The summed E-state index contributed by atoms with van der Waals surface area (Å²) >= 11 is 0. The Hall–Kier alpha value is -6.96. The number of benzene rings is 10. The zero-order valence-electron chi connectivity index (χ0n) is 32.6. The van der Waals surface area contributed by atoms with Crippen molar-refractivity contribution in [2.75, 3.05) is 0 Å². The Labute approximate surface area is 340 Å². The number of hydrogen-bond acceptors (Lipinski definition) is 0. The van der Waals surface area contributed by atoms with Crippen LogP contribution in [0.25, 0.3) is 88.0 Å². The van der Waals surface area contributed by atoms with Gasteiger partial charge >= 0.3 is 0 Å². The molecule has 1 aliphatic heterocycles. The van der Waals surface area contributed by atoms with Crippen molar-refractivity contribution in [2.24, 2.45) is 0 Å². The van der Waals surface area contributed by atoms with Gasteiger partial charge in [0.15, 0.2) is 0 Å². The summed E-state index contributed by atoms with van der Waals surface area (Å²) < 4.78 is 0. The van der Waals surface area contributed by atoms with Gasteiger partial charge in [-0.1, -0.05) is 206 Å². The van der Waals surface area contributed by atoms with Gasteiger partial charge in [-0.3, -0.25) is 0 Å². The van der Waals surface area contributed by atoms with Crippen LogP contribution in [0.5, 0.6) is 0 Å². The maximum absolute atomic E-state index is 2.47. The van der Waals surface area contributed by atoms with Crippen LogP contribution in [0.3, 0.4) is 0 Å². The minimum atomic E-state index is -0.0672. The zero-order valence-corrected chi connectivity index (χ0v) is 32.6. The van der Waals surface area contributed by atoms with E-state index in [0.717, 1.165) is 0 Å². The molecule has 0 N–H and O–H groups in total. The van der Waals surface area contributed by atoms with Crippen molar-refractivity contribution in [2.45, 2.75) is 19.3 Å². The van der Waals surface area contributed by atoms with E-state index in [2.05, 4.69) is 214 Å². The molecule has 1 aliphatic carbocycles. The lowest BCUT2D eigenvalue weighted by Gasteiger charge is -2.22. The fourth-order valence-electron chi connectivity index (χ4n) is 10.6. The second-order valence-electron chi connectivity index (χ2n) is 16.8. The molecule has 0 fully saturated rings. The van der Waals surface area contributed by atoms with E-state index in [-0.39, 0.29) is 12.1 Å². The van der Waals surface area contributed by atoms with Gasteiger partial charge in [0.2, 0.25) is 6.71 Å². The predicted octanol–water partition coefficient (Wildman–Crippen LogP) is 13.0. The first kappa shape index (κ1) is 33.2. The van der Waals surface area contributed by atoms with E-state index in [1.807, 2.05) is 0 Å². The Morgan fingerprint density at radius 1 is 0.328 bits per heavy atom. The van der Waals surface area contributed by atoms with E-state index in [9.17, 15) is 0 Å². The maximum Gasteiger partial charge on any atom is 0.242 e. The third-order valence-corrected chi connectivity index (χ3v) is 13.3. The average molecular weight is 735 g/mol. The molecule has 0 spiro atoms. The first-order chi connectivity index (χ1) is 28.5. The molecule has 0 saturated heterocycles. The Kier molecular flexibility index (Phi) is 7.17. The molecule has 270 valence electrons. The molecule has 0 radical (unpaired) electrons. The summed E-state index contributed by atoms with van der Waals surface area (Å²) in [5.74, 6) is 0. The first-order valence-corrected chi connectivity index (χ1v) is 20.5. The van der Waals surface area contributed by atoms with Crippen LogP contribution in [0.2, 0.25) is 0 Å². The smallest absolute Gasteiger partial charge is 0.0686 e. The van der Waals surface area contributed by atoms with E-state index in [1.165, 1.54) is 115 Å². The summed E-state index contributed by atoms with van der Waals surface area (Å²) in [4.78, 5) is 0. The first-order valence-electron chi connectivity index (χ1n) is 20.5. The molecule has 0 aromatic heterocycles. The molecule has 0 amide bonds. The highest BCUT2D eigenvalue weighted by Gasteiger charge is 2.36. The van der Waals surface area contributed by atoms with Gasteiger partial charge in [0.05, 0.1) is 0 Å². The monoisotopic (exact) mass is 734 g/mol. The summed E-state index contributed by atoms with van der Waals surface area (Å²) in [6.07, 6.45) is 0. The van der Waals surface area contributed by atoms with Gasteiger partial charge in [-0.2, -0.15) is 0 Å². The number of hydrogen-bond donors (Lipinski definition) is 0. The summed E-state index contributed by atoms with van der Waals surface area (Å²) in [6.45, 7) is 5.01. The second-order valence-corrected chi connectivity index (χ2v) is 16.8. The van der Waals surface area contributed by atoms with Crippen LogP contribution in [0.1, 0.15) is 25.0 Å². The summed E-state index contributed by atoms with van der Waals surface area (Å²) in [5, 5.41) is 7.70. The van der Waals surface area contributed by atoms with E-state index in [0.29, 0.717) is 0 Å². The summed E-state index contributed by atoms with van der Waals surface area (Å²) in [7, 11) is 0. The largest absolute Gasteiger partial charge is 0.242 e. The molecular weight excluding hydrogens is 695 g/mol. The molecule has 58 heavy (non-hydrogen) atoms. The van der Waals surface area contributed by atoms with Crippen LogP contribution >= 0.6 is 0 Å².